The maximum atomic E-state index is 13.7. The number of rotatable bonds is 8. The Bertz CT molecular complexity index is 1080. The van der Waals surface area contributed by atoms with E-state index in [1.165, 1.54) is 23.5 Å². The van der Waals surface area contributed by atoms with Crippen LogP contribution in [0.4, 0.5) is 0 Å². The van der Waals surface area contributed by atoms with Gasteiger partial charge in [-0.3, -0.25) is 24.4 Å². The summed E-state index contributed by atoms with van der Waals surface area (Å²) in [5.74, 6) is -0.481. The first-order valence-corrected chi connectivity index (χ1v) is 13.1. The van der Waals surface area contributed by atoms with Crippen molar-refractivity contribution in [1.29, 1.82) is 0 Å². The normalized spacial score (nSPS) is 24.5. The van der Waals surface area contributed by atoms with Crippen molar-refractivity contribution in [3.63, 3.8) is 0 Å². The minimum absolute atomic E-state index is 0.137. The molecule has 1 heterocycles. The lowest BCUT2D eigenvalue weighted by molar-refractivity contribution is -0.132. The third-order valence-electron chi connectivity index (χ3n) is 7.56. The Hall–Kier alpha value is -2.25. The molecule has 0 radical (unpaired) electrons. The molecule has 3 saturated carbocycles. The number of nitrogens with zero attached hydrogens (tertiary/aromatic N) is 3. The molecule has 9 heteroatoms. The number of aromatic nitrogens is 1. The zero-order valence-electron chi connectivity index (χ0n) is 21.8. The third kappa shape index (κ3) is 6.00. The Morgan fingerprint density at radius 2 is 1.58 bits per heavy atom. The van der Waals surface area contributed by atoms with Crippen molar-refractivity contribution in [1.82, 2.24) is 9.88 Å². The molecule has 36 heavy (non-hydrogen) atoms. The van der Waals surface area contributed by atoms with Crippen LogP contribution in [0.5, 0.6) is 0 Å². The number of aliphatic imine (C=N–C) groups is 1. The van der Waals surface area contributed by atoms with E-state index in [0.29, 0.717) is 12.3 Å². The molecule has 0 atom stereocenters. The number of nitrogens with two attached hydrogens (primary N) is 1. The van der Waals surface area contributed by atoms with Gasteiger partial charge >= 0.3 is 0 Å². The summed E-state index contributed by atoms with van der Waals surface area (Å²) < 4.78 is 0. The first kappa shape index (κ1) is 28.3. The minimum atomic E-state index is -0.380. The highest BCUT2D eigenvalue weighted by atomic mass is 35.5. The van der Waals surface area contributed by atoms with Crippen LogP contribution in [0.25, 0.3) is 0 Å². The smallest absolute Gasteiger partial charge is 0.257 e. The Morgan fingerprint density at radius 3 is 2.03 bits per heavy atom. The van der Waals surface area contributed by atoms with E-state index in [1.807, 2.05) is 20.8 Å². The van der Waals surface area contributed by atoms with Gasteiger partial charge in [0.25, 0.3) is 5.91 Å². The molecule has 1 aromatic heterocycles. The van der Waals surface area contributed by atoms with Crippen molar-refractivity contribution in [2.24, 2.45) is 21.6 Å². The number of fused-ring (bicyclic) bond motifs is 3. The first-order chi connectivity index (χ1) is 16.7. The molecule has 3 aliphatic carbocycles. The molecule has 3 aliphatic rings. The molecule has 0 spiro atoms. The van der Waals surface area contributed by atoms with Crippen LogP contribution in [-0.2, 0) is 9.59 Å². The number of Topliss-reactive ketones (excluding diaryl/α,β-unsaturated/α-hetero) is 2. The molecule has 0 saturated heterocycles. The topological polar surface area (TPSA) is 106 Å². The third-order valence-corrected chi connectivity index (χ3v) is 8.14. The van der Waals surface area contributed by atoms with Crippen LogP contribution in [0.3, 0.4) is 0 Å². The van der Waals surface area contributed by atoms with Crippen LogP contribution in [0.15, 0.2) is 29.2 Å². The Balaban J connectivity index is 1.86. The summed E-state index contributed by atoms with van der Waals surface area (Å²) in [6.07, 6.45) is 8.92. The van der Waals surface area contributed by atoms with Crippen molar-refractivity contribution in [3.8, 4) is 0 Å². The van der Waals surface area contributed by atoms with E-state index in [2.05, 4.69) is 4.98 Å². The average Bonchev–Trinajstić information content (AvgIpc) is 2.79. The molecule has 0 aromatic carbocycles. The maximum absolute atomic E-state index is 13.7. The molecular weight excluding hydrogens is 499 g/mol. The van der Waals surface area contributed by atoms with Crippen LogP contribution in [0.1, 0.15) is 83.5 Å². The van der Waals surface area contributed by atoms with Crippen molar-refractivity contribution in [2.75, 3.05) is 13.1 Å². The predicted molar refractivity (Wildman–Crippen MR) is 144 cm³/mol. The lowest BCUT2D eigenvalue weighted by Crippen LogP contribution is -2.48. The molecule has 0 unspecified atom stereocenters. The van der Waals surface area contributed by atoms with Gasteiger partial charge in [0.15, 0.2) is 5.78 Å². The Morgan fingerprint density at radius 1 is 1.06 bits per heavy atom. The zero-order chi connectivity index (χ0) is 26.9. The number of halogens is 2. The lowest BCUT2D eigenvalue weighted by atomic mass is 9.56. The van der Waals surface area contributed by atoms with E-state index >= 15 is 0 Å². The summed E-state index contributed by atoms with van der Waals surface area (Å²) in [4.78, 5) is 49.5. The molecule has 1 amide bonds. The Labute approximate surface area is 223 Å². The number of hydrogen-bond donors (Lipinski definition) is 1. The molecule has 2 N–H and O–H groups in total. The molecule has 4 rings (SSSR count). The quantitative estimate of drug-likeness (QED) is 0.271. The van der Waals surface area contributed by atoms with Crippen molar-refractivity contribution in [2.45, 2.75) is 78.7 Å². The van der Waals surface area contributed by atoms with Crippen molar-refractivity contribution >= 4 is 46.4 Å². The number of hydrogen-bond acceptors (Lipinski definition) is 6. The van der Waals surface area contributed by atoms with Gasteiger partial charge in [0.2, 0.25) is 0 Å². The highest BCUT2D eigenvalue weighted by Gasteiger charge is 2.51. The summed E-state index contributed by atoms with van der Waals surface area (Å²) in [6, 6.07) is 0. The molecule has 0 aliphatic heterocycles. The van der Waals surface area contributed by atoms with Gasteiger partial charge in [-0.1, -0.05) is 44.0 Å². The molecular formula is C27H36Cl2N4O3. The van der Waals surface area contributed by atoms with E-state index in [1.54, 1.807) is 13.8 Å². The van der Waals surface area contributed by atoms with Gasteiger partial charge in [0, 0.05) is 36.3 Å². The SMILES string of the molecule is CC(=O)C12CCC(N=C(C)C(=CN)C(=O)N(CC(=O)c3c(Cl)cncc3Cl)CC(C)(C)C)(CC1)CC2. The van der Waals surface area contributed by atoms with E-state index in [0.717, 1.165) is 38.5 Å². The number of pyridine rings is 1. The summed E-state index contributed by atoms with van der Waals surface area (Å²) in [5.41, 5.74) is 6.14. The highest BCUT2D eigenvalue weighted by molar-refractivity contribution is 6.39. The van der Waals surface area contributed by atoms with Gasteiger partial charge in [0.05, 0.1) is 33.3 Å². The monoisotopic (exact) mass is 534 g/mol. The number of carbonyl (C=O) groups excluding carboxylic acids is 3. The van der Waals surface area contributed by atoms with Gasteiger partial charge in [-0.15, -0.1) is 0 Å². The molecule has 1 aromatic rings. The molecule has 3 fully saturated rings. The van der Waals surface area contributed by atoms with Crippen LogP contribution >= 0.6 is 23.2 Å². The molecule has 196 valence electrons. The van der Waals surface area contributed by atoms with Crippen LogP contribution in [-0.4, -0.2) is 51.7 Å². The van der Waals surface area contributed by atoms with Gasteiger partial charge in [-0.05, 0) is 57.8 Å². The summed E-state index contributed by atoms with van der Waals surface area (Å²) in [6.45, 7) is 9.55. The van der Waals surface area contributed by atoms with Gasteiger partial charge in [0.1, 0.15) is 5.78 Å². The van der Waals surface area contributed by atoms with E-state index < -0.39 is 0 Å². The number of ketones is 2. The fraction of sp³-hybridized carbons (Fsp3) is 0.593. The second-order valence-corrected chi connectivity index (χ2v) is 12.3. The minimum Gasteiger partial charge on any atom is -0.404 e. The fourth-order valence-corrected chi connectivity index (χ4v) is 6.07. The van der Waals surface area contributed by atoms with Gasteiger partial charge in [-0.25, -0.2) is 0 Å². The van der Waals surface area contributed by atoms with E-state index in [4.69, 9.17) is 33.9 Å². The predicted octanol–water partition coefficient (Wildman–Crippen LogP) is 5.43. The van der Waals surface area contributed by atoms with Crippen LogP contribution < -0.4 is 5.73 Å². The first-order valence-electron chi connectivity index (χ1n) is 12.3. The average molecular weight is 536 g/mol. The van der Waals surface area contributed by atoms with Crippen molar-refractivity contribution in [3.05, 3.63) is 39.8 Å². The number of carbonyl (C=O) groups is 3. The lowest BCUT2D eigenvalue weighted by Gasteiger charge is -2.50. The summed E-state index contributed by atoms with van der Waals surface area (Å²) in [5, 5.41) is 0.275. The standard InChI is InChI=1S/C27H36Cl2N4O3/c1-17(32-27-9-6-26(7-10-27,8-11-27)18(2)34)19(12-30)24(36)33(16-25(3,4)5)15-22(35)23-20(28)13-31-14-21(23)29/h12-14H,6-11,15-16,30H2,1-5H3. The highest BCUT2D eigenvalue weighted by Crippen LogP contribution is 2.54. The van der Waals surface area contributed by atoms with Gasteiger partial charge < -0.3 is 10.6 Å². The second-order valence-electron chi connectivity index (χ2n) is 11.5. The number of amides is 1. The van der Waals surface area contributed by atoms with Crippen molar-refractivity contribution < 1.29 is 14.4 Å². The summed E-state index contributed by atoms with van der Waals surface area (Å²) >= 11 is 12.4. The zero-order valence-corrected chi connectivity index (χ0v) is 23.3. The molecule has 7 nitrogen and oxygen atoms in total. The molecule has 2 bridgehead atoms. The van der Waals surface area contributed by atoms with Crippen LogP contribution in [0, 0.1) is 10.8 Å². The van der Waals surface area contributed by atoms with E-state index in [-0.39, 0.29) is 61.6 Å². The fourth-order valence-electron chi connectivity index (χ4n) is 5.50. The van der Waals surface area contributed by atoms with E-state index in [9.17, 15) is 14.4 Å². The maximum Gasteiger partial charge on any atom is 0.257 e. The largest absolute Gasteiger partial charge is 0.404 e. The van der Waals surface area contributed by atoms with Gasteiger partial charge in [-0.2, -0.15) is 0 Å². The second kappa shape index (κ2) is 10.6. The Kier molecular flexibility index (Phi) is 8.36. The van der Waals surface area contributed by atoms with Crippen LogP contribution in [0.2, 0.25) is 10.0 Å². The summed E-state index contributed by atoms with van der Waals surface area (Å²) in [7, 11) is 0.